The monoisotopic (exact) mass is 520 g/mol. The second-order valence-electron chi connectivity index (χ2n) is 7.55. The molecule has 0 rings (SSSR count). The van der Waals surface area contributed by atoms with E-state index in [1.54, 1.807) is 6.26 Å². The quantitative estimate of drug-likeness (QED) is 0.0475. The van der Waals surface area contributed by atoms with Gasteiger partial charge in [0.1, 0.15) is 18.1 Å². The molecule has 35 heavy (non-hydrogen) atoms. The zero-order valence-electron chi connectivity index (χ0n) is 19.6. The largest absolute Gasteiger partial charge is 0.480 e. The number of hydrogen-bond acceptors (Lipinski definition) is 9. The van der Waals surface area contributed by atoms with E-state index in [0.29, 0.717) is 5.75 Å². The van der Waals surface area contributed by atoms with Crippen molar-refractivity contribution < 1.29 is 34.2 Å². The van der Waals surface area contributed by atoms with Crippen LogP contribution in [0.25, 0.3) is 0 Å². The molecule has 13 N–H and O–H groups in total. The summed E-state index contributed by atoms with van der Waals surface area (Å²) in [7, 11) is 0. The van der Waals surface area contributed by atoms with Crippen LogP contribution in [0.1, 0.15) is 32.1 Å². The van der Waals surface area contributed by atoms with Gasteiger partial charge in [-0.3, -0.25) is 24.2 Å². The number of aliphatic imine (C=N–C) groups is 1. The molecule has 0 saturated heterocycles. The van der Waals surface area contributed by atoms with Crippen LogP contribution < -0.4 is 38.9 Å². The first-order chi connectivity index (χ1) is 16.4. The highest BCUT2D eigenvalue weighted by Gasteiger charge is 2.29. The fourth-order valence-electron chi connectivity index (χ4n) is 2.71. The lowest BCUT2D eigenvalue weighted by atomic mass is 10.1. The van der Waals surface area contributed by atoms with Crippen LogP contribution in [0.2, 0.25) is 0 Å². The zero-order chi connectivity index (χ0) is 27.0. The smallest absolute Gasteiger partial charge is 0.326 e. The summed E-state index contributed by atoms with van der Waals surface area (Å²) >= 11 is 1.39. The first-order valence-electron chi connectivity index (χ1n) is 10.8. The molecule has 0 aliphatic rings. The molecule has 0 spiro atoms. The molecule has 0 aliphatic heterocycles. The molecular weight excluding hydrogens is 484 g/mol. The molecule has 4 unspecified atom stereocenters. The average Bonchev–Trinajstić information content (AvgIpc) is 2.79. The van der Waals surface area contributed by atoms with Crippen molar-refractivity contribution in [3.05, 3.63) is 0 Å². The van der Waals surface area contributed by atoms with Gasteiger partial charge in [-0.25, -0.2) is 4.79 Å². The van der Waals surface area contributed by atoms with Gasteiger partial charge in [-0.1, -0.05) is 0 Å². The third-order valence-electron chi connectivity index (χ3n) is 4.66. The van der Waals surface area contributed by atoms with E-state index in [2.05, 4.69) is 20.9 Å². The summed E-state index contributed by atoms with van der Waals surface area (Å²) < 4.78 is 0. The van der Waals surface area contributed by atoms with Crippen molar-refractivity contribution in [1.29, 1.82) is 0 Å². The molecule has 0 fully saturated rings. The summed E-state index contributed by atoms with van der Waals surface area (Å²) in [4.78, 5) is 63.8. The second-order valence-corrected chi connectivity index (χ2v) is 8.53. The van der Waals surface area contributed by atoms with Gasteiger partial charge in [0, 0.05) is 13.0 Å². The van der Waals surface area contributed by atoms with Crippen LogP contribution in [-0.4, -0.2) is 95.1 Å². The number of thioether (sulfide) groups is 1. The standard InChI is InChI=1S/C19H36N8O7S/c1-35-8-6-12(18(33)34)26-17(32)13(9-28)27-16(31)11(3-2-7-24-19(22)23)25-15(30)10(20)4-5-14(21)29/h10-13,28H,2-9,20H2,1H3,(H2,21,29)(H,25,30)(H,26,32)(H,27,31)(H,33,34)(H4,22,23,24). The number of carboxylic acids is 1. The number of carbonyl (C=O) groups is 5. The Bertz CT molecular complexity index is 763. The Labute approximate surface area is 207 Å². The Morgan fingerprint density at radius 2 is 1.46 bits per heavy atom. The molecule has 0 aromatic heterocycles. The van der Waals surface area contributed by atoms with Crippen molar-refractivity contribution in [1.82, 2.24) is 16.0 Å². The molecule has 4 amide bonds. The van der Waals surface area contributed by atoms with Gasteiger partial charge in [0.2, 0.25) is 23.6 Å². The molecule has 0 aromatic rings. The summed E-state index contributed by atoms with van der Waals surface area (Å²) in [6.07, 6.45) is 2.04. The molecule has 4 atom stereocenters. The maximum atomic E-state index is 12.8. The van der Waals surface area contributed by atoms with E-state index in [-0.39, 0.29) is 44.6 Å². The Kier molecular flexibility index (Phi) is 15.8. The minimum absolute atomic E-state index is 0.0438. The third kappa shape index (κ3) is 14.0. The van der Waals surface area contributed by atoms with Crippen molar-refractivity contribution in [3.8, 4) is 0 Å². The molecule has 16 heteroatoms. The molecule has 0 heterocycles. The van der Waals surface area contributed by atoms with E-state index in [4.69, 9.17) is 22.9 Å². The van der Waals surface area contributed by atoms with Crippen molar-refractivity contribution in [2.24, 2.45) is 27.9 Å². The Hall–Kier alpha value is -3.11. The van der Waals surface area contributed by atoms with Crippen LogP contribution in [0.5, 0.6) is 0 Å². The van der Waals surface area contributed by atoms with Crippen LogP contribution in [0.3, 0.4) is 0 Å². The summed E-state index contributed by atoms with van der Waals surface area (Å²) in [6, 6.07) is -5.00. The van der Waals surface area contributed by atoms with E-state index in [1.165, 1.54) is 11.8 Å². The predicted octanol–water partition coefficient (Wildman–Crippen LogP) is -4.08. The van der Waals surface area contributed by atoms with Gasteiger partial charge >= 0.3 is 5.97 Å². The number of carboxylic acid groups (broad SMARTS) is 1. The summed E-state index contributed by atoms with van der Waals surface area (Å²) in [6.45, 7) is -0.672. The highest BCUT2D eigenvalue weighted by molar-refractivity contribution is 7.98. The van der Waals surface area contributed by atoms with Crippen molar-refractivity contribution in [3.63, 3.8) is 0 Å². The number of carbonyl (C=O) groups excluding carboxylic acids is 4. The van der Waals surface area contributed by atoms with E-state index >= 15 is 0 Å². The Balaban J connectivity index is 5.33. The van der Waals surface area contributed by atoms with E-state index in [9.17, 15) is 34.2 Å². The summed E-state index contributed by atoms with van der Waals surface area (Å²) in [5, 5.41) is 25.9. The lowest BCUT2D eigenvalue weighted by Crippen LogP contribution is -2.58. The normalized spacial score (nSPS) is 14.0. The maximum absolute atomic E-state index is 12.8. The van der Waals surface area contributed by atoms with Gasteiger partial charge in [-0.2, -0.15) is 11.8 Å². The van der Waals surface area contributed by atoms with Crippen molar-refractivity contribution >= 4 is 47.3 Å². The highest BCUT2D eigenvalue weighted by atomic mass is 32.2. The van der Waals surface area contributed by atoms with Gasteiger partial charge < -0.3 is 49.1 Å². The van der Waals surface area contributed by atoms with Crippen molar-refractivity contribution in [2.75, 3.05) is 25.2 Å². The van der Waals surface area contributed by atoms with Gasteiger partial charge in [0.15, 0.2) is 5.96 Å². The Morgan fingerprint density at radius 1 is 0.886 bits per heavy atom. The fraction of sp³-hybridized carbons (Fsp3) is 0.684. The zero-order valence-corrected chi connectivity index (χ0v) is 20.4. The highest BCUT2D eigenvalue weighted by Crippen LogP contribution is 2.04. The number of aliphatic hydroxyl groups excluding tert-OH is 1. The number of nitrogens with two attached hydrogens (primary N) is 4. The predicted molar refractivity (Wildman–Crippen MR) is 130 cm³/mol. The van der Waals surface area contributed by atoms with E-state index in [1.807, 2.05) is 0 Å². The number of primary amides is 1. The first kappa shape index (κ1) is 31.9. The number of aliphatic hydroxyl groups is 1. The van der Waals surface area contributed by atoms with Crippen LogP contribution >= 0.6 is 11.8 Å². The van der Waals surface area contributed by atoms with Gasteiger partial charge in [0.25, 0.3) is 0 Å². The number of rotatable bonds is 18. The van der Waals surface area contributed by atoms with Gasteiger partial charge in [0.05, 0.1) is 12.6 Å². The van der Waals surface area contributed by atoms with Gasteiger partial charge in [-0.05, 0) is 37.7 Å². The Morgan fingerprint density at radius 3 is 1.97 bits per heavy atom. The van der Waals surface area contributed by atoms with Crippen LogP contribution in [0, 0.1) is 0 Å². The average molecular weight is 521 g/mol. The molecule has 0 bridgehead atoms. The van der Waals surface area contributed by atoms with Crippen LogP contribution in [0.15, 0.2) is 4.99 Å². The number of hydrogen-bond donors (Lipinski definition) is 9. The molecule has 0 radical (unpaired) electrons. The molecule has 0 aromatic carbocycles. The minimum atomic E-state index is -1.47. The van der Waals surface area contributed by atoms with E-state index in [0.717, 1.165) is 0 Å². The lowest BCUT2D eigenvalue weighted by Gasteiger charge is -2.24. The number of nitrogens with one attached hydrogen (secondary N) is 3. The number of nitrogens with zero attached hydrogens (tertiary/aromatic N) is 1. The van der Waals surface area contributed by atoms with Crippen molar-refractivity contribution in [2.45, 2.75) is 56.3 Å². The molecule has 0 aliphatic carbocycles. The van der Waals surface area contributed by atoms with Gasteiger partial charge in [-0.15, -0.1) is 0 Å². The third-order valence-corrected chi connectivity index (χ3v) is 5.30. The SMILES string of the molecule is CSCCC(NC(=O)C(CO)NC(=O)C(CCCN=C(N)N)NC(=O)C(N)CCC(N)=O)C(=O)O. The topological polar surface area (TPSA) is 278 Å². The minimum Gasteiger partial charge on any atom is -0.480 e. The number of amides is 4. The first-order valence-corrected chi connectivity index (χ1v) is 12.1. The second kappa shape index (κ2) is 17.3. The summed E-state index contributed by atoms with van der Waals surface area (Å²) in [5.74, 6) is -4.06. The van der Waals surface area contributed by atoms with Crippen LogP contribution in [0.4, 0.5) is 0 Å². The maximum Gasteiger partial charge on any atom is 0.326 e. The molecule has 15 nitrogen and oxygen atoms in total. The molecule has 0 saturated carbocycles. The lowest BCUT2D eigenvalue weighted by molar-refractivity contribution is -0.142. The van der Waals surface area contributed by atoms with E-state index < -0.39 is 60.4 Å². The molecule has 200 valence electrons. The number of aliphatic carboxylic acids is 1. The molecular formula is C19H36N8O7S. The number of guanidine groups is 1. The summed E-state index contributed by atoms with van der Waals surface area (Å²) in [5.41, 5.74) is 21.3. The van der Waals surface area contributed by atoms with Crippen LogP contribution in [-0.2, 0) is 24.0 Å². The fourth-order valence-corrected chi connectivity index (χ4v) is 3.18.